The van der Waals surface area contributed by atoms with Crippen LogP contribution in [0.25, 0.3) is 0 Å². The first-order valence-electron chi connectivity index (χ1n) is 7.70. The van der Waals surface area contributed by atoms with Gasteiger partial charge in [0.15, 0.2) is 5.82 Å². The van der Waals surface area contributed by atoms with Crippen LogP contribution in [0.15, 0.2) is 54.7 Å². The van der Waals surface area contributed by atoms with Gasteiger partial charge in [-0.3, -0.25) is 0 Å². The van der Waals surface area contributed by atoms with Crippen molar-refractivity contribution in [1.29, 1.82) is 0 Å². The number of anilines is 4. The summed E-state index contributed by atoms with van der Waals surface area (Å²) in [6, 6.07) is 12.3. The molecular weight excluding hydrogens is 475 g/mol. The van der Waals surface area contributed by atoms with Gasteiger partial charge in [-0.05, 0) is 71.1 Å². The van der Waals surface area contributed by atoms with Gasteiger partial charge in [-0.1, -0.05) is 0 Å². The fraction of sp³-hybridized carbons (Fsp3) is 0.111. The highest BCUT2D eigenvalue weighted by Gasteiger charge is 2.36. The van der Waals surface area contributed by atoms with Crippen LogP contribution < -0.4 is 10.2 Å². The van der Waals surface area contributed by atoms with Crippen molar-refractivity contribution in [3.05, 3.63) is 69.7 Å². The number of nitrogens with one attached hydrogen (secondary N) is 1. The molecule has 0 aliphatic carbocycles. The van der Waals surface area contributed by atoms with Crippen molar-refractivity contribution in [1.82, 2.24) is 9.97 Å². The zero-order chi connectivity index (χ0) is 19.6. The SMILES string of the molecule is CN(c1ccc(I)cc1)c1nc(Nc2ccc(F)cc2)ncc1C(F)(F)F. The molecule has 0 bridgehead atoms. The van der Waals surface area contributed by atoms with Crippen molar-refractivity contribution in [2.75, 3.05) is 17.3 Å². The van der Waals surface area contributed by atoms with Crippen LogP contribution in [-0.4, -0.2) is 17.0 Å². The lowest BCUT2D eigenvalue weighted by molar-refractivity contribution is -0.137. The molecule has 0 atom stereocenters. The molecular formula is C18H13F4IN4. The highest BCUT2D eigenvalue weighted by molar-refractivity contribution is 14.1. The molecule has 0 aliphatic rings. The molecule has 2 aromatic carbocycles. The van der Waals surface area contributed by atoms with E-state index in [0.29, 0.717) is 11.4 Å². The molecule has 0 aliphatic heterocycles. The van der Waals surface area contributed by atoms with Gasteiger partial charge in [0, 0.05) is 28.2 Å². The average molecular weight is 488 g/mol. The Hall–Kier alpha value is -2.43. The minimum Gasteiger partial charge on any atom is -0.329 e. The van der Waals surface area contributed by atoms with Gasteiger partial charge in [-0.2, -0.15) is 18.2 Å². The molecule has 0 radical (unpaired) electrons. The first-order valence-corrected chi connectivity index (χ1v) is 8.78. The molecule has 3 aromatic rings. The molecule has 0 spiro atoms. The second-order valence-corrected chi connectivity index (χ2v) is 6.84. The minimum atomic E-state index is -4.61. The highest BCUT2D eigenvalue weighted by atomic mass is 127. The second-order valence-electron chi connectivity index (χ2n) is 5.60. The topological polar surface area (TPSA) is 41.1 Å². The summed E-state index contributed by atoms with van der Waals surface area (Å²) < 4.78 is 54.2. The molecule has 1 aromatic heterocycles. The Balaban J connectivity index is 2.00. The second kappa shape index (κ2) is 7.67. The third-order valence-electron chi connectivity index (χ3n) is 3.71. The Morgan fingerprint density at radius 2 is 1.63 bits per heavy atom. The van der Waals surface area contributed by atoms with E-state index in [1.165, 1.54) is 36.2 Å². The lowest BCUT2D eigenvalue weighted by atomic mass is 10.2. The van der Waals surface area contributed by atoms with E-state index < -0.39 is 17.6 Å². The number of aromatic nitrogens is 2. The smallest absolute Gasteiger partial charge is 0.329 e. The zero-order valence-electron chi connectivity index (χ0n) is 13.9. The van der Waals surface area contributed by atoms with E-state index in [1.807, 2.05) is 0 Å². The quantitative estimate of drug-likeness (QED) is 0.375. The largest absolute Gasteiger partial charge is 0.421 e. The molecule has 0 saturated carbocycles. The molecule has 4 nitrogen and oxygen atoms in total. The summed E-state index contributed by atoms with van der Waals surface area (Å²) in [6.07, 6.45) is -3.88. The van der Waals surface area contributed by atoms with Crippen LogP contribution in [0.3, 0.4) is 0 Å². The van der Waals surface area contributed by atoms with Crippen LogP contribution in [0.4, 0.5) is 40.7 Å². The minimum absolute atomic E-state index is 0.0260. The highest BCUT2D eigenvalue weighted by Crippen LogP contribution is 2.37. The maximum absolute atomic E-state index is 13.4. The molecule has 140 valence electrons. The van der Waals surface area contributed by atoms with E-state index in [9.17, 15) is 17.6 Å². The summed E-state index contributed by atoms with van der Waals surface area (Å²) in [4.78, 5) is 9.14. The fourth-order valence-corrected chi connectivity index (χ4v) is 2.70. The standard InChI is InChI=1S/C18H13F4IN4/c1-27(14-8-4-12(23)5-9-14)16-15(18(20,21)22)10-24-17(26-16)25-13-6-2-11(19)3-7-13/h2-10H,1H3,(H,24,25,26). The number of hydrogen-bond acceptors (Lipinski definition) is 4. The summed E-state index contributed by atoms with van der Waals surface area (Å²) in [7, 11) is 1.50. The predicted octanol–water partition coefficient (Wildman–Crippen LogP) is 5.75. The van der Waals surface area contributed by atoms with Crippen molar-refractivity contribution in [2.45, 2.75) is 6.18 Å². The summed E-state index contributed by atoms with van der Waals surface area (Å²) in [5.41, 5.74) is 0.0552. The number of alkyl halides is 3. The Morgan fingerprint density at radius 3 is 2.22 bits per heavy atom. The molecule has 0 unspecified atom stereocenters. The number of halogens is 5. The molecule has 1 heterocycles. The number of benzene rings is 2. The van der Waals surface area contributed by atoms with Gasteiger partial charge in [0.2, 0.25) is 5.95 Å². The monoisotopic (exact) mass is 488 g/mol. The van der Waals surface area contributed by atoms with E-state index in [1.54, 1.807) is 24.3 Å². The van der Waals surface area contributed by atoms with Gasteiger partial charge >= 0.3 is 6.18 Å². The van der Waals surface area contributed by atoms with Crippen LogP contribution in [0.2, 0.25) is 0 Å². The molecule has 3 rings (SSSR count). The van der Waals surface area contributed by atoms with Gasteiger partial charge < -0.3 is 10.2 Å². The van der Waals surface area contributed by atoms with E-state index in [2.05, 4.69) is 37.9 Å². The van der Waals surface area contributed by atoms with Crippen molar-refractivity contribution in [2.24, 2.45) is 0 Å². The molecule has 1 N–H and O–H groups in total. The average Bonchev–Trinajstić information content (AvgIpc) is 2.63. The molecule has 9 heteroatoms. The first kappa shape index (κ1) is 19.3. The van der Waals surface area contributed by atoms with E-state index in [4.69, 9.17) is 0 Å². The van der Waals surface area contributed by atoms with Crippen LogP contribution >= 0.6 is 22.6 Å². The van der Waals surface area contributed by atoms with Crippen LogP contribution in [0, 0.1) is 9.39 Å². The van der Waals surface area contributed by atoms with Gasteiger partial charge in [0.05, 0.1) is 0 Å². The molecule has 27 heavy (non-hydrogen) atoms. The third-order valence-corrected chi connectivity index (χ3v) is 4.43. The Bertz CT molecular complexity index is 928. The van der Waals surface area contributed by atoms with E-state index in [-0.39, 0.29) is 11.8 Å². The Labute approximate surface area is 166 Å². The Morgan fingerprint density at radius 1 is 1.00 bits per heavy atom. The number of rotatable bonds is 4. The van der Waals surface area contributed by atoms with Crippen molar-refractivity contribution >= 4 is 45.7 Å². The normalized spacial score (nSPS) is 11.3. The number of hydrogen-bond donors (Lipinski definition) is 1. The molecule has 0 amide bonds. The van der Waals surface area contributed by atoms with Crippen molar-refractivity contribution < 1.29 is 17.6 Å². The van der Waals surface area contributed by atoms with Gasteiger partial charge in [0.1, 0.15) is 11.4 Å². The predicted molar refractivity (Wildman–Crippen MR) is 104 cm³/mol. The maximum atomic E-state index is 13.4. The van der Waals surface area contributed by atoms with E-state index in [0.717, 1.165) is 9.77 Å². The van der Waals surface area contributed by atoms with Gasteiger partial charge in [0.25, 0.3) is 0 Å². The van der Waals surface area contributed by atoms with Gasteiger partial charge in [-0.25, -0.2) is 9.37 Å². The summed E-state index contributed by atoms with van der Waals surface area (Å²) >= 11 is 2.11. The van der Waals surface area contributed by atoms with Crippen LogP contribution in [0.5, 0.6) is 0 Å². The fourth-order valence-electron chi connectivity index (χ4n) is 2.34. The third kappa shape index (κ3) is 4.65. The molecule has 0 saturated heterocycles. The Kier molecular flexibility index (Phi) is 5.49. The summed E-state index contributed by atoms with van der Waals surface area (Å²) in [5.74, 6) is -0.738. The van der Waals surface area contributed by atoms with Gasteiger partial charge in [-0.15, -0.1) is 0 Å². The van der Waals surface area contributed by atoms with E-state index >= 15 is 0 Å². The van der Waals surface area contributed by atoms with Crippen LogP contribution in [-0.2, 0) is 6.18 Å². The van der Waals surface area contributed by atoms with Crippen molar-refractivity contribution in [3.8, 4) is 0 Å². The van der Waals surface area contributed by atoms with Crippen molar-refractivity contribution in [3.63, 3.8) is 0 Å². The maximum Gasteiger partial charge on any atom is 0.421 e. The first-order chi connectivity index (χ1) is 12.7. The van der Waals surface area contributed by atoms with Crippen LogP contribution in [0.1, 0.15) is 5.56 Å². The summed E-state index contributed by atoms with van der Waals surface area (Å²) in [6.45, 7) is 0. The lowest BCUT2D eigenvalue weighted by Gasteiger charge is -2.23. The lowest BCUT2D eigenvalue weighted by Crippen LogP contribution is -2.19. The number of nitrogens with zero attached hydrogens (tertiary/aromatic N) is 3. The summed E-state index contributed by atoms with van der Waals surface area (Å²) in [5, 5.41) is 2.78. The molecule has 0 fully saturated rings. The zero-order valence-corrected chi connectivity index (χ0v) is 16.1.